The number of para-hydroxylation sites is 1. The highest BCUT2D eigenvalue weighted by molar-refractivity contribution is 7.92. The van der Waals surface area contributed by atoms with E-state index >= 15 is 0 Å². The summed E-state index contributed by atoms with van der Waals surface area (Å²) in [5, 5.41) is 0. The van der Waals surface area contributed by atoms with Gasteiger partial charge in [-0.25, -0.2) is 13.2 Å². The second-order valence-electron chi connectivity index (χ2n) is 6.10. The van der Waals surface area contributed by atoms with Crippen LogP contribution in [0.25, 0.3) is 0 Å². The molecule has 0 saturated heterocycles. The lowest BCUT2D eigenvalue weighted by atomic mass is 9.96. The van der Waals surface area contributed by atoms with Crippen molar-refractivity contribution >= 4 is 27.5 Å². The molecule has 136 valence electrons. The van der Waals surface area contributed by atoms with Gasteiger partial charge in [0.05, 0.1) is 10.5 Å². The monoisotopic (exact) mass is 373 g/mol. The molecule has 1 fully saturated rings. The molecule has 1 saturated carbocycles. The second kappa shape index (κ2) is 7.70. The highest BCUT2D eigenvalue weighted by Gasteiger charge is 2.26. The van der Waals surface area contributed by atoms with Gasteiger partial charge in [-0.2, -0.15) is 0 Å². The van der Waals surface area contributed by atoms with E-state index < -0.39 is 22.1 Å². The molecule has 26 heavy (non-hydrogen) atoms. The van der Waals surface area contributed by atoms with E-state index in [1.807, 2.05) is 0 Å². The summed E-state index contributed by atoms with van der Waals surface area (Å²) < 4.78 is 32.5. The van der Waals surface area contributed by atoms with Gasteiger partial charge in [-0.15, -0.1) is 0 Å². The normalized spacial score (nSPS) is 17.5. The molecule has 0 aromatic heterocycles. The second-order valence-corrected chi connectivity index (χ2v) is 7.78. The molecule has 1 aliphatic carbocycles. The van der Waals surface area contributed by atoms with Crippen LogP contribution >= 0.6 is 0 Å². The van der Waals surface area contributed by atoms with E-state index in [2.05, 4.69) is 4.72 Å². The van der Waals surface area contributed by atoms with E-state index in [1.165, 1.54) is 24.3 Å². The zero-order valence-electron chi connectivity index (χ0n) is 14.1. The Kier molecular flexibility index (Phi) is 5.37. The third-order valence-corrected chi connectivity index (χ3v) is 5.57. The number of carbonyl (C=O) groups excluding carboxylic acids is 2. The number of sulfonamides is 1. The highest BCUT2D eigenvalue weighted by atomic mass is 32.2. The number of hydrogen-bond acceptors (Lipinski definition) is 5. The van der Waals surface area contributed by atoms with Crippen molar-refractivity contribution in [3.8, 4) is 0 Å². The van der Waals surface area contributed by atoms with Gasteiger partial charge in [0.15, 0.2) is 11.9 Å². The molecule has 0 aliphatic heterocycles. The maximum Gasteiger partial charge on any atom is 0.338 e. The fourth-order valence-corrected chi connectivity index (χ4v) is 3.82. The zero-order chi connectivity index (χ0) is 18.6. The molecule has 7 heteroatoms. The van der Waals surface area contributed by atoms with Crippen LogP contribution in [-0.4, -0.2) is 26.3 Å². The molecule has 2 aromatic rings. The number of Topliss-reactive ketones (excluding diaryl/α,β-unsaturated/α-hetero) is 1. The van der Waals surface area contributed by atoms with Gasteiger partial charge in [0.25, 0.3) is 10.0 Å². The van der Waals surface area contributed by atoms with E-state index in [0.29, 0.717) is 18.5 Å². The Hall–Kier alpha value is -2.67. The Balaban J connectivity index is 1.69. The largest absolute Gasteiger partial charge is 0.451 e. The molecule has 3 rings (SSSR count). The van der Waals surface area contributed by atoms with Crippen molar-refractivity contribution in [1.29, 1.82) is 0 Å². The first kappa shape index (κ1) is 18.1. The zero-order valence-corrected chi connectivity index (χ0v) is 14.9. The Morgan fingerprint density at radius 3 is 2.35 bits per heavy atom. The lowest BCUT2D eigenvalue weighted by Gasteiger charge is -2.20. The smallest absolute Gasteiger partial charge is 0.338 e. The molecule has 0 heterocycles. The minimum absolute atomic E-state index is 0.0339. The summed E-state index contributed by atoms with van der Waals surface area (Å²) in [6, 6.07) is 14.0. The Labute approximate surface area is 152 Å². The third-order valence-electron chi connectivity index (χ3n) is 4.17. The molecule has 1 atom stereocenters. The standard InChI is InChI=1S/C19H19NO5S/c21-17-8-4-5-9-18(17)25-19(22)14-10-12-16(13-11-14)26(23,24)20-15-6-2-1-3-7-15/h1-3,6-7,10-13,18,20H,4-5,8-9H2/t18-/m0/s1. The maximum atomic E-state index is 12.4. The van der Waals surface area contributed by atoms with E-state index in [0.717, 1.165) is 12.8 Å². The van der Waals surface area contributed by atoms with Crippen LogP contribution in [0.4, 0.5) is 5.69 Å². The van der Waals surface area contributed by atoms with Gasteiger partial charge in [0, 0.05) is 12.1 Å². The number of anilines is 1. The van der Waals surface area contributed by atoms with Crippen LogP contribution in [0.3, 0.4) is 0 Å². The number of carbonyl (C=O) groups is 2. The van der Waals surface area contributed by atoms with Crippen molar-refractivity contribution in [2.24, 2.45) is 0 Å². The van der Waals surface area contributed by atoms with E-state index in [9.17, 15) is 18.0 Å². The van der Waals surface area contributed by atoms with Crippen LogP contribution in [0.1, 0.15) is 36.0 Å². The summed E-state index contributed by atoms with van der Waals surface area (Å²) >= 11 is 0. The number of rotatable bonds is 5. The average Bonchev–Trinajstić information content (AvgIpc) is 2.64. The van der Waals surface area contributed by atoms with Gasteiger partial charge in [-0.3, -0.25) is 9.52 Å². The molecule has 1 aliphatic rings. The van der Waals surface area contributed by atoms with Gasteiger partial charge in [-0.1, -0.05) is 18.2 Å². The minimum Gasteiger partial charge on any atom is -0.451 e. The van der Waals surface area contributed by atoms with Gasteiger partial charge in [0.1, 0.15) is 0 Å². The summed E-state index contributed by atoms with van der Waals surface area (Å²) in [6.45, 7) is 0. The number of ketones is 1. The van der Waals surface area contributed by atoms with Gasteiger partial charge in [-0.05, 0) is 55.7 Å². The van der Waals surface area contributed by atoms with Crippen LogP contribution in [0.2, 0.25) is 0 Å². The summed E-state index contributed by atoms with van der Waals surface area (Å²) in [5.41, 5.74) is 0.661. The fourth-order valence-electron chi connectivity index (χ4n) is 2.76. The highest BCUT2D eigenvalue weighted by Crippen LogP contribution is 2.20. The Morgan fingerprint density at radius 2 is 1.69 bits per heavy atom. The van der Waals surface area contributed by atoms with Crippen LogP contribution in [0.15, 0.2) is 59.5 Å². The number of benzene rings is 2. The van der Waals surface area contributed by atoms with Crippen LogP contribution in [0, 0.1) is 0 Å². The number of hydrogen-bond donors (Lipinski definition) is 1. The number of nitrogens with one attached hydrogen (secondary N) is 1. The molecular formula is C19H19NO5S. The molecule has 1 N–H and O–H groups in total. The summed E-state index contributed by atoms with van der Waals surface area (Å²) in [7, 11) is -3.75. The van der Waals surface area contributed by atoms with E-state index in [-0.39, 0.29) is 16.2 Å². The van der Waals surface area contributed by atoms with Crippen molar-refractivity contribution in [3.63, 3.8) is 0 Å². The SMILES string of the molecule is O=C(O[C@H]1CCCCC1=O)c1ccc(S(=O)(=O)Nc2ccccc2)cc1. The van der Waals surface area contributed by atoms with Crippen LogP contribution < -0.4 is 4.72 Å². The molecular weight excluding hydrogens is 354 g/mol. The minimum atomic E-state index is -3.75. The predicted molar refractivity (Wildman–Crippen MR) is 96.4 cm³/mol. The van der Waals surface area contributed by atoms with Crippen molar-refractivity contribution in [2.75, 3.05) is 4.72 Å². The molecule has 0 bridgehead atoms. The molecule has 0 spiro atoms. The van der Waals surface area contributed by atoms with Crippen molar-refractivity contribution in [3.05, 3.63) is 60.2 Å². The maximum absolute atomic E-state index is 12.4. The van der Waals surface area contributed by atoms with Crippen molar-refractivity contribution < 1.29 is 22.7 Å². The quantitative estimate of drug-likeness (QED) is 0.813. The topological polar surface area (TPSA) is 89.5 Å². The summed E-state index contributed by atoms with van der Waals surface area (Å²) in [5.74, 6) is -0.680. The molecule has 6 nitrogen and oxygen atoms in total. The summed E-state index contributed by atoms with van der Waals surface area (Å²) in [4.78, 5) is 24.0. The molecule has 0 unspecified atom stereocenters. The lowest BCUT2D eigenvalue weighted by molar-refractivity contribution is -0.129. The predicted octanol–water partition coefficient (Wildman–Crippen LogP) is 3.16. The lowest BCUT2D eigenvalue weighted by Crippen LogP contribution is -2.30. The van der Waals surface area contributed by atoms with Gasteiger partial charge in [0.2, 0.25) is 0 Å². The van der Waals surface area contributed by atoms with E-state index in [1.54, 1.807) is 30.3 Å². The Morgan fingerprint density at radius 1 is 1.00 bits per heavy atom. The van der Waals surface area contributed by atoms with Crippen molar-refractivity contribution in [1.82, 2.24) is 0 Å². The molecule has 0 radical (unpaired) electrons. The van der Waals surface area contributed by atoms with Crippen molar-refractivity contribution in [2.45, 2.75) is 36.7 Å². The Bertz CT molecular complexity index is 891. The summed E-state index contributed by atoms with van der Waals surface area (Å²) in [6.07, 6.45) is 1.96. The van der Waals surface area contributed by atoms with E-state index in [4.69, 9.17) is 4.74 Å². The fraction of sp³-hybridized carbons (Fsp3) is 0.263. The molecule has 2 aromatic carbocycles. The number of ether oxygens (including phenoxy) is 1. The first-order valence-corrected chi connectivity index (χ1v) is 9.86. The average molecular weight is 373 g/mol. The van der Waals surface area contributed by atoms with Crippen LogP contribution in [-0.2, 0) is 19.6 Å². The first-order valence-electron chi connectivity index (χ1n) is 8.37. The van der Waals surface area contributed by atoms with Crippen LogP contribution in [0.5, 0.6) is 0 Å². The van der Waals surface area contributed by atoms with Gasteiger partial charge < -0.3 is 4.74 Å². The third kappa shape index (κ3) is 4.29. The number of esters is 1. The molecule has 0 amide bonds. The van der Waals surface area contributed by atoms with Gasteiger partial charge >= 0.3 is 5.97 Å². The first-order chi connectivity index (χ1) is 12.5.